The van der Waals surface area contributed by atoms with Crippen LogP contribution in [0.2, 0.25) is 0 Å². The average Bonchev–Trinajstić information content (AvgIpc) is 2.33. The van der Waals surface area contributed by atoms with E-state index < -0.39 is 0 Å². The standard InChI is InChI=1S/C14H19IO/c1-13(8-4-3-7-11-15)16-12-14-9-5-2-6-10-14/h2,5-7,9-11,13H,3-4,8,12H2,1H3/b11-7+/t13-/m0/s1. The lowest BCUT2D eigenvalue weighted by Crippen LogP contribution is -2.07. The molecule has 0 heterocycles. The molecule has 0 unspecified atom stereocenters. The Labute approximate surface area is 112 Å². The van der Waals surface area contributed by atoms with Crippen molar-refractivity contribution in [1.82, 2.24) is 0 Å². The molecule has 1 atom stereocenters. The predicted molar refractivity (Wildman–Crippen MR) is 77.7 cm³/mol. The van der Waals surface area contributed by atoms with Crippen LogP contribution in [0.1, 0.15) is 31.7 Å². The van der Waals surface area contributed by atoms with E-state index in [1.54, 1.807) is 0 Å². The Morgan fingerprint density at radius 2 is 2.06 bits per heavy atom. The fourth-order valence-electron chi connectivity index (χ4n) is 1.48. The maximum Gasteiger partial charge on any atom is 0.0720 e. The van der Waals surface area contributed by atoms with E-state index in [2.05, 4.69) is 63.9 Å². The third-order valence-corrected chi connectivity index (χ3v) is 2.96. The normalized spacial score (nSPS) is 13.1. The van der Waals surface area contributed by atoms with Crippen LogP contribution in [0.5, 0.6) is 0 Å². The first-order valence-electron chi connectivity index (χ1n) is 5.73. The highest BCUT2D eigenvalue weighted by molar-refractivity contribution is 14.1. The first kappa shape index (κ1) is 13.7. The summed E-state index contributed by atoms with van der Waals surface area (Å²) in [6.07, 6.45) is 6.04. The predicted octanol–water partition coefficient (Wildman–Crippen LogP) is 4.71. The van der Waals surface area contributed by atoms with Gasteiger partial charge in [0.1, 0.15) is 0 Å². The molecule has 0 aliphatic carbocycles. The van der Waals surface area contributed by atoms with Crippen molar-refractivity contribution in [3.05, 3.63) is 46.1 Å². The first-order valence-corrected chi connectivity index (χ1v) is 6.98. The topological polar surface area (TPSA) is 9.23 Å². The van der Waals surface area contributed by atoms with Gasteiger partial charge in [-0.3, -0.25) is 0 Å². The fourth-order valence-corrected chi connectivity index (χ4v) is 1.84. The molecular weight excluding hydrogens is 311 g/mol. The highest BCUT2D eigenvalue weighted by Crippen LogP contribution is 2.09. The molecule has 0 bridgehead atoms. The smallest absolute Gasteiger partial charge is 0.0720 e. The van der Waals surface area contributed by atoms with Crippen LogP contribution in [0, 0.1) is 0 Å². The molecule has 1 aromatic carbocycles. The molecule has 0 radical (unpaired) electrons. The van der Waals surface area contributed by atoms with Gasteiger partial charge in [0.15, 0.2) is 0 Å². The maximum absolute atomic E-state index is 5.78. The van der Waals surface area contributed by atoms with Crippen LogP contribution in [0.4, 0.5) is 0 Å². The van der Waals surface area contributed by atoms with Crippen molar-refractivity contribution in [2.24, 2.45) is 0 Å². The number of halogens is 1. The summed E-state index contributed by atoms with van der Waals surface area (Å²) in [7, 11) is 0. The summed E-state index contributed by atoms with van der Waals surface area (Å²) in [5.41, 5.74) is 1.25. The molecule has 0 spiro atoms. The molecule has 0 N–H and O–H groups in total. The fraction of sp³-hybridized carbons (Fsp3) is 0.429. The Morgan fingerprint density at radius 1 is 1.31 bits per heavy atom. The Morgan fingerprint density at radius 3 is 2.75 bits per heavy atom. The lowest BCUT2D eigenvalue weighted by Gasteiger charge is -2.12. The summed E-state index contributed by atoms with van der Waals surface area (Å²) in [5.74, 6) is 0. The average molecular weight is 330 g/mol. The third kappa shape index (κ3) is 6.28. The number of ether oxygens (including phenoxy) is 1. The van der Waals surface area contributed by atoms with Crippen molar-refractivity contribution in [1.29, 1.82) is 0 Å². The van der Waals surface area contributed by atoms with Crippen molar-refractivity contribution < 1.29 is 4.74 Å². The van der Waals surface area contributed by atoms with Crippen LogP contribution in [0.25, 0.3) is 0 Å². The first-order chi connectivity index (χ1) is 7.83. The monoisotopic (exact) mass is 330 g/mol. The number of rotatable bonds is 7. The molecule has 0 saturated heterocycles. The van der Waals surface area contributed by atoms with E-state index in [1.165, 1.54) is 12.0 Å². The molecule has 16 heavy (non-hydrogen) atoms. The van der Waals surface area contributed by atoms with Gasteiger partial charge >= 0.3 is 0 Å². The molecule has 0 aromatic heterocycles. The van der Waals surface area contributed by atoms with E-state index in [1.807, 2.05) is 6.07 Å². The lowest BCUT2D eigenvalue weighted by molar-refractivity contribution is 0.0465. The van der Waals surface area contributed by atoms with E-state index in [0.717, 1.165) is 19.4 Å². The van der Waals surface area contributed by atoms with E-state index in [-0.39, 0.29) is 0 Å². The van der Waals surface area contributed by atoms with Crippen molar-refractivity contribution in [3.63, 3.8) is 0 Å². The molecule has 2 heteroatoms. The lowest BCUT2D eigenvalue weighted by atomic mass is 10.1. The minimum Gasteiger partial charge on any atom is -0.374 e. The van der Waals surface area contributed by atoms with Gasteiger partial charge in [0, 0.05) is 0 Å². The number of hydrogen-bond donors (Lipinski definition) is 0. The molecule has 1 aromatic rings. The molecule has 88 valence electrons. The third-order valence-electron chi connectivity index (χ3n) is 2.45. The quantitative estimate of drug-likeness (QED) is 0.520. The summed E-state index contributed by atoms with van der Waals surface area (Å²) >= 11 is 2.26. The van der Waals surface area contributed by atoms with Crippen LogP contribution in [-0.2, 0) is 11.3 Å². The molecule has 0 amide bonds. The van der Waals surface area contributed by atoms with Crippen molar-refractivity contribution in [2.75, 3.05) is 0 Å². The maximum atomic E-state index is 5.78. The summed E-state index contributed by atoms with van der Waals surface area (Å²) in [4.78, 5) is 0. The minimum atomic E-state index is 0.350. The van der Waals surface area contributed by atoms with Crippen molar-refractivity contribution in [2.45, 2.75) is 38.9 Å². The number of allylic oxidation sites excluding steroid dienone is 1. The van der Waals surface area contributed by atoms with Gasteiger partial charge in [0.25, 0.3) is 0 Å². The highest BCUT2D eigenvalue weighted by atomic mass is 127. The minimum absolute atomic E-state index is 0.350. The van der Waals surface area contributed by atoms with Gasteiger partial charge in [-0.15, -0.1) is 0 Å². The summed E-state index contributed by atoms with van der Waals surface area (Å²) < 4.78 is 7.86. The summed E-state index contributed by atoms with van der Waals surface area (Å²) in [6, 6.07) is 10.3. The van der Waals surface area contributed by atoms with Crippen LogP contribution in [0.3, 0.4) is 0 Å². The molecular formula is C14H19IO. The summed E-state index contributed by atoms with van der Waals surface area (Å²) in [6.45, 7) is 2.88. The van der Waals surface area contributed by atoms with Gasteiger partial charge in [-0.25, -0.2) is 0 Å². The number of unbranched alkanes of at least 4 members (excludes halogenated alkanes) is 1. The SMILES string of the molecule is C[C@@H](CCC/C=C/I)OCc1ccccc1. The van der Waals surface area contributed by atoms with E-state index in [9.17, 15) is 0 Å². The largest absolute Gasteiger partial charge is 0.374 e. The molecule has 0 saturated carbocycles. The van der Waals surface area contributed by atoms with Crippen molar-refractivity contribution in [3.8, 4) is 0 Å². The Hall–Kier alpha value is -0.350. The van der Waals surface area contributed by atoms with E-state index in [0.29, 0.717) is 6.10 Å². The van der Waals surface area contributed by atoms with Crippen LogP contribution < -0.4 is 0 Å². The Balaban J connectivity index is 2.13. The molecule has 0 aliphatic rings. The van der Waals surface area contributed by atoms with Crippen LogP contribution in [-0.4, -0.2) is 6.10 Å². The van der Waals surface area contributed by atoms with Gasteiger partial charge in [-0.05, 0) is 35.8 Å². The van der Waals surface area contributed by atoms with Gasteiger partial charge < -0.3 is 4.74 Å². The second-order valence-electron chi connectivity index (χ2n) is 3.90. The molecule has 1 rings (SSSR count). The second kappa shape index (κ2) is 8.76. The summed E-state index contributed by atoms with van der Waals surface area (Å²) in [5, 5.41) is 0. The zero-order chi connectivity index (χ0) is 11.6. The van der Waals surface area contributed by atoms with Crippen LogP contribution >= 0.6 is 22.6 Å². The zero-order valence-electron chi connectivity index (χ0n) is 9.73. The molecule has 0 aliphatic heterocycles. The zero-order valence-corrected chi connectivity index (χ0v) is 11.9. The van der Waals surface area contributed by atoms with Gasteiger partial charge in [-0.2, -0.15) is 0 Å². The van der Waals surface area contributed by atoms with Crippen LogP contribution in [0.15, 0.2) is 40.5 Å². The van der Waals surface area contributed by atoms with E-state index in [4.69, 9.17) is 4.74 Å². The second-order valence-corrected chi connectivity index (χ2v) is 4.62. The Bertz CT molecular complexity index is 295. The highest BCUT2D eigenvalue weighted by Gasteiger charge is 2.01. The molecule has 1 nitrogen and oxygen atoms in total. The number of benzene rings is 1. The van der Waals surface area contributed by atoms with Gasteiger partial charge in [0.2, 0.25) is 0 Å². The van der Waals surface area contributed by atoms with E-state index >= 15 is 0 Å². The number of hydrogen-bond acceptors (Lipinski definition) is 1. The Kier molecular flexibility index (Phi) is 7.51. The van der Waals surface area contributed by atoms with Gasteiger partial charge in [0.05, 0.1) is 12.7 Å². The molecule has 0 fully saturated rings. The van der Waals surface area contributed by atoms with Gasteiger partial charge in [-0.1, -0.05) is 59.0 Å². The van der Waals surface area contributed by atoms with Crippen molar-refractivity contribution >= 4 is 22.6 Å².